The van der Waals surface area contributed by atoms with Crippen molar-refractivity contribution in [2.75, 3.05) is 6.54 Å². The van der Waals surface area contributed by atoms with E-state index >= 15 is 0 Å². The average molecular weight is 218 g/mol. The molecule has 1 aromatic rings. The molecular formula is C9H12ClNO3. The van der Waals surface area contributed by atoms with Crippen LogP contribution in [0.1, 0.15) is 17.2 Å². The van der Waals surface area contributed by atoms with E-state index in [0.29, 0.717) is 5.56 Å². The molecule has 5 heteroatoms. The van der Waals surface area contributed by atoms with E-state index in [4.69, 9.17) is 17.3 Å². The van der Waals surface area contributed by atoms with E-state index in [1.54, 1.807) is 6.92 Å². The van der Waals surface area contributed by atoms with Gasteiger partial charge in [-0.15, -0.1) is 0 Å². The Kier molecular flexibility index (Phi) is 3.21. The van der Waals surface area contributed by atoms with Crippen LogP contribution in [0, 0.1) is 6.92 Å². The average Bonchev–Trinajstić information content (AvgIpc) is 2.19. The van der Waals surface area contributed by atoms with E-state index in [9.17, 15) is 15.3 Å². The Morgan fingerprint density at radius 3 is 2.50 bits per heavy atom. The number of aliphatic hydroxyl groups excluding tert-OH is 1. The Labute approximate surface area is 86.6 Å². The Bertz CT molecular complexity index is 354. The quantitative estimate of drug-likeness (QED) is 0.597. The molecule has 1 unspecified atom stereocenters. The zero-order valence-electron chi connectivity index (χ0n) is 7.66. The van der Waals surface area contributed by atoms with Crippen molar-refractivity contribution >= 4 is 11.6 Å². The number of benzene rings is 1. The predicted octanol–water partition coefficient (Wildman–Crippen LogP) is 1.05. The lowest BCUT2D eigenvalue weighted by atomic mass is 10.0. The van der Waals surface area contributed by atoms with Crippen LogP contribution >= 0.6 is 11.6 Å². The van der Waals surface area contributed by atoms with Gasteiger partial charge in [-0.3, -0.25) is 0 Å². The first kappa shape index (κ1) is 11.1. The summed E-state index contributed by atoms with van der Waals surface area (Å²) in [5.74, 6) is -0.509. The van der Waals surface area contributed by atoms with Crippen LogP contribution in [0.25, 0.3) is 0 Å². The number of phenols is 2. The zero-order chi connectivity index (χ0) is 10.9. The maximum absolute atomic E-state index is 9.50. The van der Waals surface area contributed by atoms with Gasteiger partial charge < -0.3 is 21.1 Å². The molecule has 0 bridgehead atoms. The van der Waals surface area contributed by atoms with Gasteiger partial charge in [-0.1, -0.05) is 11.6 Å². The number of halogens is 1. The Morgan fingerprint density at radius 2 is 2.00 bits per heavy atom. The van der Waals surface area contributed by atoms with E-state index in [1.807, 2.05) is 0 Å². The summed E-state index contributed by atoms with van der Waals surface area (Å²) >= 11 is 5.64. The Balaban J connectivity index is 3.33. The molecule has 0 aliphatic rings. The third kappa shape index (κ3) is 1.77. The third-order valence-corrected chi connectivity index (χ3v) is 2.38. The van der Waals surface area contributed by atoms with Crippen LogP contribution in [0.4, 0.5) is 0 Å². The van der Waals surface area contributed by atoms with E-state index in [1.165, 1.54) is 6.07 Å². The smallest absolute Gasteiger partial charge is 0.143 e. The molecule has 0 aliphatic carbocycles. The highest BCUT2D eigenvalue weighted by Crippen LogP contribution is 2.40. The number of rotatable bonds is 2. The molecule has 0 heterocycles. The lowest BCUT2D eigenvalue weighted by molar-refractivity contribution is 0.182. The molecule has 0 aromatic heterocycles. The number of hydrogen-bond donors (Lipinski definition) is 4. The van der Waals surface area contributed by atoms with Gasteiger partial charge in [0.05, 0.1) is 6.10 Å². The number of aryl methyl sites for hydroxylation is 1. The van der Waals surface area contributed by atoms with Gasteiger partial charge in [-0.25, -0.2) is 0 Å². The van der Waals surface area contributed by atoms with Crippen LogP contribution < -0.4 is 5.73 Å². The number of phenolic OH excluding ortho intramolecular Hbond substituents is 2. The molecule has 0 saturated heterocycles. The molecule has 0 spiro atoms. The Hall–Kier alpha value is -0.970. The summed E-state index contributed by atoms with van der Waals surface area (Å²) < 4.78 is 0. The largest absolute Gasteiger partial charge is 0.506 e. The second-order valence-corrected chi connectivity index (χ2v) is 3.42. The summed E-state index contributed by atoms with van der Waals surface area (Å²) in [6, 6.07) is 1.45. The zero-order valence-corrected chi connectivity index (χ0v) is 8.41. The van der Waals surface area contributed by atoms with E-state index in [2.05, 4.69) is 0 Å². The fourth-order valence-electron chi connectivity index (χ4n) is 1.16. The van der Waals surface area contributed by atoms with Crippen molar-refractivity contribution in [3.8, 4) is 11.5 Å². The van der Waals surface area contributed by atoms with Gasteiger partial charge in [0.25, 0.3) is 0 Å². The van der Waals surface area contributed by atoms with Crippen molar-refractivity contribution in [2.45, 2.75) is 13.0 Å². The first-order valence-corrected chi connectivity index (χ1v) is 4.45. The van der Waals surface area contributed by atoms with Gasteiger partial charge in [0.15, 0.2) is 0 Å². The SMILES string of the molecule is Cc1cc(C(O)CN)c(O)c(Cl)c1O. The maximum atomic E-state index is 9.50. The summed E-state index contributed by atoms with van der Waals surface area (Å²) in [6.45, 7) is 1.60. The lowest BCUT2D eigenvalue weighted by Crippen LogP contribution is -2.12. The number of aliphatic hydroxyl groups is 1. The second-order valence-electron chi connectivity index (χ2n) is 3.05. The first-order valence-electron chi connectivity index (χ1n) is 4.08. The first-order chi connectivity index (χ1) is 6.49. The molecular weight excluding hydrogens is 206 g/mol. The molecule has 78 valence electrons. The second kappa shape index (κ2) is 4.04. The molecule has 1 aromatic carbocycles. The van der Waals surface area contributed by atoms with Gasteiger partial charge in [-0.2, -0.15) is 0 Å². The van der Waals surface area contributed by atoms with Crippen molar-refractivity contribution < 1.29 is 15.3 Å². The Morgan fingerprint density at radius 1 is 1.43 bits per heavy atom. The number of hydrogen-bond acceptors (Lipinski definition) is 4. The molecule has 0 saturated carbocycles. The van der Waals surface area contributed by atoms with E-state index in [0.717, 1.165) is 0 Å². The van der Waals surface area contributed by atoms with E-state index < -0.39 is 6.10 Å². The monoisotopic (exact) mass is 217 g/mol. The molecule has 0 fully saturated rings. The topological polar surface area (TPSA) is 86.7 Å². The molecule has 0 amide bonds. The predicted molar refractivity (Wildman–Crippen MR) is 53.5 cm³/mol. The molecule has 0 radical (unpaired) electrons. The fraction of sp³-hybridized carbons (Fsp3) is 0.333. The molecule has 4 nitrogen and oxygen atoms in total. The maximum Gasteiger partial charge on any atom is 0.143 e. The summed E-state index contributed by atoms with van der Waals surface area (Å²) in [6.07, 6.45) is -0.980. The third-order valence-electron chi connectivity index (χ3n) is 2.02. The van der Waals surface area contributed by atoms with Crippen molar-refractivity contribution in [1.82, 2.24) is 0 Å². The van der Waals surface area contributed by atoms with Gasteiger partial charge in [-0.05, 0) is 18.6 Å². The highest BCUT2D eigenvalue weighted by Gasteiger charge is 2.17. The number of nitrogens with two attached hydrogens (primary N) is 1. The van der Waals surface area contributed by atoms with Crippen LogP contribution in [-0.4, -0.2) is 21.9 Å². The van der Waals surface area contributed by atoms with Crippen molar-refractivity contribution in [3.05, 3.63) is 22.2 Å². The van der Waals surface area contributed by atoms with Crippen LogP contribution in [0.15, 0.2) is 6.07 Å². The summed E-state index contributed by atoms with van der Waals surface area (Å²) in [5, 5.41) is 28.1. The van der Waals surface area contributed by atoms with Gasteiger partial charge in [0.2, 0.25) is 0 Å². The van der Waals surface area contributed by atoms with Crippen molar-refractivity contribution in [1.29, 1.82) is 0 Å². The summed E-state index contributed by atoms with van der Waals surface area (Å²) in [7, 11) is 0. The lowest BCUT2D eigenvalue weighted by Gasteiger charge is -2.13. The van der Waals surface area contributed by atoms with Crippen LogP contribution in [0.3, 0.4) is 0 Å². The van der Waals surface area contributed by atoms with Crippen LogP contribution in [0.2, 0.25) is 5.02 Å². The van der Waals surface area contributed by atoms with Gasteiger partial charge in [0, 0.05) is 12.1 Å². The molecule has 1 rings (SSSR count). The highest BCUT2D eigenvalue weighted by atomic mass is 35.5. The minimum atomic E-state index is -0.980. The van der Waals surface area contributed by atoms with Crippen molar-refractivity contribution in [2.24, 2.45) is 5.73 Å². The van der Waals surface area contributed by atoms with Crippen molar-refractivity contribution in [3.63, 3.8) is 0 Å². The minimum Gasteiger partial charge on any atom is -0.506 e. The summed E-state index contributed by atoms with van der Waals surface area (Å²) in [4.78, 5) is 0. The van der Waals surface area contributed by atoms with Crippen LogP contribution in [-0.2, 0) is 0 Å². The van der Waals surface area contributed by atoms with Gasteiger partial charge in [0.1, 0.15) is 16.5 Å². The minimum absolute atomic E-state index is 0.0197. The number of aromatic hydroxyl groups is 2. The van der Waals surface area contributed by atoms with Crippen LogP contribution in [0.5, 0.6) is 11.5 Å². The highest BCUT2D eigenvalue weighted by molar-refractivity contribution is 6.33. The molecule has 14 heavy (non-hydrogen) atoms. The normalized spacial score (nSPS) is 12.9. The van der Waals surface area contributed by atoms with Gasteiger partial charge >= 0.3 is 0 Å². The molecule has 5 N–H and O–H groups in total. The fourth-order valence-corrected chi connectivity index (χ4v) is 1.42. The molecule has 0 aliphatic heterocycles. The summed E-state index contributed by atoms with van der Waals surface area (Å²) in [5.41, 5.74) is 5.96. The van der Waals surface area contributed by atoms with E-state index in [-0.39, 0.29) is 28.6 Å². The standard InChI is InChI=1S/C9H12ClNO3/c1-4-2-5(6(12)3-11)9(14)7(10)8(4)13/h2,6,12-14H,3,11H2,1H3. The molecule has 1 atom stereocenters.